The molecule has 0 saturated heterocycles. The van der Waals surface area contributed by atoms with Gasteiger partial charge in [0.1, 0.15) is 4.99 Å². The lowest BCUT2D eigenvalue weighted by Crippen LogP contribution is -2.08. The quantitative estimate of drug-likeness (QED) is 0.765. The predicted octanol–water partition coefficient (Wildman–Crippen LogP) is 2.25. The molecule has 1 rings (SSSR count). The summed E-state index contributed by atoms with van der Waals surface area (Å²) in [6.07, 6.45) is 4.14. The summed E-state index contributed by atoms with van der Waals surface area (Å²) in [5.74, 6) is 0. The molecule has 70 valence electrons. The fraction of sp³-hybridized carbons (Fsp3) is 0.0909. The smallest absolute Gasteiger partial charge is 0.103 e. The van der Waals surface area contributed by atoms with Crippen LogP contribution >= 0.6 is 12.2 Å². The summed E-state index contributed by atoms with van der Waals surface area (Å²) in [4.78, 5) is 0.401. The van der Waals surface area contributed by atoms with Gasteiger partial charge in [0.15, 0.2) is 0 Å². The Morgan fingerprint density at radius 1 is 1.43 bits per heavy atom. The minimum absolute atomic E-state index is 0.401. The Morgan fingerprint density at radius 3 is 2.57 bits per heavy atom. The van der Waals surface area contributed by atoms with Gasteiger partial charge in [-0.15, -0.1) is 0 Å². The van der Waals surface area contributed by atoms with E-state index in [1.807, 2.05) is 42.5 Å². The van der Waals surface area contributed by atoms with Gasteiger partial charge in [-0.2, -0.15) is 5.26 Å². The topological polar surface area (TPSA) is 49.8 Å². The number of benzene rings is 1. The second kappa shape index (κ2) is 5.15. The van der Waals surface area contributed by atoms with Crippen molar-refractivity contribution in [2.75, 3.05) is 0 Å². The number of thiocarbonyl (C=S) groups is 1. The van der Waals surface area contributed by atoms with E-state index in [1.54, 1.807) is 0 Å². The van der Waals surface area contributed by atoms with Gasteiger partial charge in [-0.3, -0.25) is 0 Å². The molecular weight excluding hydrogens is 192 g/mol. The number of rotatable bonds is 3. The standard InChI is InChI=1S/C11H10N2S/c12-8-2-1-3-9-4-6-10(7-5-9)11(13)14/h1,3-7H,2H2,(H2,13,14). The zero-order chi connectivity index (χ0) is 10.4. The first-order chi connectivity index (χ1) is 6.74. The summed E-state index contributed by atoms with van der Waals surface area (Å²) in [6, 6.07) is 9.62. The summed E-state index contributed by atoms with van der Waals surface area (Å²) in [5, 5.41) is 8.33. The Labute approximate surface area is 88.7 Å². The van der Waals surface area contributed by atoms with Crippen LogP contribution in [-0.2, 0) is 0 Å². The van der Waals surface area contributed by atoms with Gasteiger partial charge >= 0.3 is 0 Å². The molecule has 0 saturated carbocycles. The van der Waals surface area contributed by atoms with Crippen molar-refractivity contribution >= 4 is 23.3 Å². The van der Waals surface area contributed by atoms with Crippen LogP contribution in [0.25, 0.3) is 6.08 Å². The zero-order valence-corrected chi connectivity index (χ0v) is 8.42. The van der Waals surface area contributed by atoms with Crippen molar-refractivity contribution < 1.29 is 0 Å². The van der Waals surface area contributed by atoms with Crippen molar-refractivity contribution in [3.05, 3.63) is 41.5 Å². The first-order valence-corrected chi connectivity index (χ1v) is 4.58. The molecule has 0 atom stereocenters. The Morgan fingerprint density at radius 2 is 2.07 bits per heavy atom. The summed E-state index contributed by atoms with van der Waals surface area (Å²) in [6.45, 7) is 0. The highest BCUT2D eigenvalue weighted by Gasteiger charge is 1.93. The van der Waals surface area contributed by atoms with Gasteiger partial charge in [0.05, 0.1) is 12.5 Å². The molecule has 0 radical (unpaired) electrons. The van der Waals surface area contributed by atoms with Gasteiger partial charge in [0.2, 0.25) is 0 Å². The maximum atomic E-state index is 8.33. The van der Waals surface area contributed by atoms with E-state index >= 15 is 0 Å². The maximum absolute atomic E-state index is 8.33. The van der Waals surface area contributed by atoms with Crippen molar-refractivity contribution in [3.8, 4) is 6.07 Å². The van der Waals surface area contributed by atoms with E-state index in [0.29, 0.717) is 11.4 Å². The summed E-state index contributed by atoms with van der Waals surface area (Å²) >= 11 is 4.83. The molecule has 0 aliphatic carbocycles. The lowest BCUT2D eigenvalue weighted by molar-refractivity contribution is 1.36. The molecule has 2 nitrogen and oxygen atoms in total. The monoisotopic (exact) mass is 202 g/mol. The van der Waals surface area contributed by atoms with Crippen LogP contribution in [0.2, 0.25) is 0 Å². The lowest BCUT2D eigenvalue weighted by Gasteiger charge is -1.97. The number of hydrogen-bond acceptors (Lipinski definition) is 2. The minimum atomic E-state index is 0.401. The van der Waals surface area contributed by atoms with Crippen molar-refractivity contribution in [1.82, 2.24) is 0 Å². The van der Waals surface area contributed by atoms with Gasteiger partial charge in [-0.05, 0) is 5.56 Å². The second-order valence-electron chi connectivity index (χ2n) is 2.75. The minimum Gasteiger partial charge on any atom is -0.389 e. The van der Waals surface area contributed by atoms with Crippen molar-refractivity contribution in [2.24, 2.45) is 5.73 Å². The SMILES string of the molecule is N#CCC=Cc1ccc(C(N)=S)cc1. The van der Waals surface area contributed by atoms with Crippen LogP contribution in [0.1, 0.15) is 17.5 Å². The average Bonchev–Trinajstić information content (AvgIpc) is 2.19. The molecule has 3 heteroatoms. The molecule has 0 amide bonds. The molecular formula is C11H10N2S. The van der Waals surface area contributed by atoms with E-state index < -0.39 is 0 Å². The molecule has 0 spiro atoms. The van der Waals surface area contributed by atoms with Crippen LogP contribution in [0.4, 0.5) is 0 Å². The van der Waals surface area contributed by atoms with E-state index in [0.717, 1.165) is 11.1 Å². The number of nitriles is 1. The van der Waals surface area contributed by atoms with E-state index in [4.69, 9.17) is 23.2 Å². The largest absolute Gasteiger partial charge is 0.389 e. The molecule has 0 heterocycles. The van der Waals surface area contributed by atoms with E-state index in [9.17, 15) is 0 Å². The number of hydrogen-bond donors (Lipinski definition) is 1. The fourth-order valence-electron chi connectivity index (χ4n) is 1.01. The molecule has 0 unspecified atom stereocenters. The molecule has 2 N–H and O–H groups in total. The Balaban J connectivity index is 2.74. The first kappa shape index (κ1) is 10.4. The molecule has 0 aliphatic rings. The van der Waals surface area contributed by atoms with Crippen molar-refractivity contribution in [3.63, 3.8) is 0 Å². The Kier molecular flexibility index (Phi) is 3.84. The van der Waals surface area contributed by atoms with Crippen LogP contribution in [0.15, 0.2) is 30.3 Å². The van der Waals surface area contributed by atoms with E-state index in [1.165, 1.54) is 0 Å². The normalized spacial score (nSPS) is 9.93. The third kappa shape index (κ3) is 3.00. The van der Waals surface area contributed by atoms with Crippen molar-refractivity contribution in [2.45, 2.75) is 6.42 Å². The van der Waals surface area contributed by atoms with Gasteiger partial charge in [-0.25, -0.2) is 0 Å². The summed E-state index contributed by atoms with van der Waals surface area (Å²) in [7, 11) is 0. The highest BCUT2D eigenvalue weighted by molar-refractivity contribution is 7.80. The summed E-state index contributed by atoms with van der Waals surface area (Å²) < 4.78 is 0. The van der Waals surface area contributed by atoms with Crippen LogP contribution in [-0.4, -0.2) is 4.99 Å². The summed E-state index contributed by atoms with van der Waals surface area (Å²) in [5.41, 5.74) is 7.36. The number of allylic oxidation sites excluding steroid dienone is 1. The molecule has 0 bridgehead atoms. The predicted molar refractivity (Wildman–Crippen MR) is 61.6 cm³/mol. The number of nitrogens with zero attached hydrogens (tertiary/aromatic N) is 1. The van der Waals surface area contributed by atoms with Gasteiger partial charge in [0, 0.05) is 5.56 Å². The molecule has 0 aromatic heterocycles. The zero-order valence-electron chi connectivity index (χ0n) is 7.60. The Hall–Kier alpha value is -1.66. The lowest BCUT2D eigenvalue weighted by atomic mass is 10.1. The van der Waals surface area contributed by atoms with Crippen LogP contribution in [0.5, 0.6) is 0 Å². The fourth-order valence-corrected chi connectivity index (χ4v) is 1.14. The molecule has 0 aliphatic heterocycles. The number of nitrogens with two attached hydrogens (primary N) is 1. The van der Waals surface area contributed by atoms with Crippen LogP contribution in [0, 0.1) is 11.3 Å². The van der Waals surface area contributed by atoms with Gasteiger partial charge in [-0.1, -0.05) is 48.6 Å². The molecule has 1 aromatic carbocycles. The van der Waals surface area contributed by atoms with E-state index in [2.05, 4.69) is 0 Å². The molecule has 0 fully saturated rings. The van der Waals surface area contributed by atoms with Gasteiger partial charge in [0.25, 0.3) is 0 Å². The third-order valence-electron chi connectivity index (χ3n) is 1.71. The Bertz CT molecular complexity index is 385. The van der Waals surface area contributed by atoms with Gasteiger partial charge < -0.3 is 5.73 Å². The van der Waals surface area contributed by atoms with Crippen LogP contribution in [0.3, 0.4) is 0 Å². The van der Waals surface area contributed by atoms with Crippen molar-refractivity contribution in [1.29, 1.82) is 5.26 Å². The maximum Gasteiger partial charge on any atom is 0.103 e. The van der Waals surface area contributed by atoms with Crippen LogP contribution < -0.4 is 5.73 Å². The molecule has 1 aromatic rings. The average molecular weight is 202 g/mol. The highest BCUT2D eigenvalue weighted by atomic mass is 32.1. The van der Waals surface area contributed by atoms with E-state index in [-0.39, 0.29) is 0 Å². The first-order valence-electron chi connectivity index (χ1n) is 4.17. The third-order valence-corrected chi connectivity index (χ3v) is 1.95. The highest BCUT2D eigenvalue weighted by Crippen LogP contribution is 2.06. The molecule has 14 heavy (non-hydrogen) atoms. The second-order valence-corrected chi connectivity index (χ2v) is 3.19.